The minimum absolute atomic E-state index is 0.266. The SMILES string of the molecule is CCCc1nc(N2CCNCC2)sc1C(=O)OC. The van der Waals surface area contributed by atoms with E-state index in [9.17, 15) is 4.79 Å². The number of esters is 1. The predicted molar refractivity (Wildman–Crippen MR) is 72.5 cm³/mol. The number of ether oxygens (including phenoxy) is 1. The summed E-state index contributed by atoms with van der Waals surface area (Å²) in [4.78, 5) is 19.2. The van der Waals surface area contributed by atoms with Crippen LogP contribution in [0.25, 0.3) is 0 Å². The van der Waals surface area contributed by atoms with Gasteiger partial charge in [-0.3, -0.25) is 0 Å². The molecular weight excluding hydrogens is 250 g/mol. The van der Waals surface area contributed by atoms with Crippen LogP contribution in [-0.2, 0) is 11.2 Å². The highest BCUT2D eigenvalue weighted by Gasteiger charge is 2.21. The van der Waals surface area contributed by atoms with Gasteiger partial charge < -0.3 is 15.0 Å². The van der Waals surface area contributed by atoms with Crippen molar-refractivity contribution >= 4 is 22.4 Å². The number of aromatic nitrogens is 1. The molecule has 1 aromatic rings. The second-order valence-electron chi connectivity index (χ2n) is 4.25. The molecule has 0 amide bonds. The number of nitrogens with one attached hydrogen (secondary N) is 1. The Morgan fingerprint density at radius 2 is 2.22 bits per heavy atom. The minimum Gasteiger partial charge on any atom is -0.465 e. The van der Waals surface area contributed by atoms with E-state index in [4.69, 9.17) is 4.74 Å². The van der Waals surface area contributed by atoms with E-state index in [1.807, 2.05) is 0 Å². The van der Waals surface area contributed by atoms with E-state index >= 15 is 0 Å². The fourth-order valence-electron chi connectivity index (χ4n) is 1.99. The van der Waals surface area contributed by atoms with Gasteiger partial charge in [0, 0.05) is 26.2 Å². The number of hydrogen-bond acceptors (Lipinski definition) is 6. The number of anilines is 1. The van der Waals surface area contributed by atoms with Crippen molar-refractivity contribution in [2.24, 2.45) is 0 Å². The largest absolute Gasteiger partial charge is 0.465 e. The number of carbonyl (C=O) groups excluding carboxylic acids is 1. The van der Waals surface area contributed by atoms with E-state index in [1.165, 1.54) is 18.4 Å². The summed E-state index contributed by atoms with van der Waals surface area (Å²) < 4.78 is 4.82. The molecule has 18 heavy (non-hydrogen) atoms. The lowest BCUT2D eigenvalue weighted by molar-refractivity contribution is 0.0605. The molecule has 0 unspecified atom stereocenters. The molecule has 100 valence electrons. The number of rotatable bonds is 4. The van der Waals surface area contributed by atoms with Crippen LogP contribution in [0, 0.1) is 0 Å². The smallest absolute Gasteiger partial charge is 0.350 e. The monoisotopic (exact) mass is 269 g/mol. The minimum atomic E-state index is -0.266. The van der Waals surface area contributed by atoms with Crippen LogP contribution in [0.1, 0.15) is 28.7 Å². The van der Waals surface area contributed by atoms with Crippen molar-refractivity contribution in [2.45, 2.75) is 19.8 Å². The van der Waals surface area contributed by atoms with Crippen LogP contribution < -0.4 is 10.2 Å². The maximum atomic E-state index is 11.7. The second-order valence-corrected chi connectivity index (χ2v) is 5.23. The molecule has 0 spiro atoms. The molecule has 5 nitrogen and oxygen atoms in total. The highest BCUT2D eigenvalue weighted by Crippen LogP contribution is 2.28. The van der Waals surface area contributed by atoms with Crippen molar-refractivity contribution in [3.63, 3.8) is 0 Å². The Hall–Kier alpha value is -1.14. The van der Waals surface area contributed by atoms with Crippen molar-refractivity contribution in [1.29, 1.82) is 0 Å². The second kappa shape index (κ2) is 6.15. The topological polar surface area (TPSA) is 54.5 Å². The Balaban J connectivity index is 2.23. The van der Waals surface area contributed by atoms with Crippen LogP contribution in [0.3, 0.4) is 0 Å². The number of thiazole rings is 1. The van der Waals surface area contributed by atoms with E-state index in [1.54, 1.807) is 0 Å². The highest BCUT2D eigenvalue weighted by molar-refractivity contribution is 7.17. The van der Waals surface area contributed by atoms with Crippen molar-refractivity contribution in [1.82, 2.24) is 10.3 Å². The number of methoxy groups -OCH3 is 1. The Morgan fingerprint density at radius 3 is 2.83 bits per heavy atom. The van der Waals surface area contributed by atoms with E-state index < -0.39 is 0 Å². The maximum absolute atomic E-state index is 11.7. The zero-order valence-electron chi connectivity index (χ0n) is 10.9. The lowest BCUT2D eigenvalue weighted by Gasteiger charge is -2.26. The number of carbonyl (C=O) groups is 1. The first-order chi connectivity index (χ1) is 8.76. The molecule has 2 heterocycles. The molecule has 1 aliphatic rings. The standard InChI is InChI=1S/C12H19N3O2S/c1-3-4-9-10(11(16)17-2)18-12(14-9)15-7-5-13-6-8-15/h13H,3-8H2,1-2H3. The van der Waals surface area contributed by atoms with Crippen LogP contribution in [0.2, 0.25) is 0 Å². The third-order valence-corrected chi connectivity index (χ3v) is 4.07. The van der Waals surface area contributed by atoms with Crippen LogP contribution in [0.15, 0.2) is 0 Å². The maximum Gasteiger partial charge on any atom is 0.350 e. The lowest BCUT2D eigenvalue weighted by Crippen LogP contribution is -2.43. The molecule has 1 aliphatic heterocycles. The summed E-state index contributed by atoms with van der Waals surface area (Å²) >= 11 is 1.45. The molecule has 0 saturated carbocycles. The van der Waals surface area contributed by atoms with E-state index in [0.717, 1.165) is 49.8 Å². The van der Waals surface area contributed by atoms with Gasteiger partial charge in [-0.2, -0.15) is 0 Å². The van der Waals surface area contributed by atoms with E-state index in [2.05, 4.69) is 22.1 Å². The highest BCUT2D eigenvalue weighted by atomic mass is 32.1. The number of nitrogens with zero attached hydrogens (tertiary/aromatic N) is 2. The van der Waals surface area contributed by atoms with Gasteiger partial charge in [-0.25, -0.2) is 9.78 Å². The first-order valence-corrected chi connectivity index (χ1v) is 7.11. The van der Waals surface area contributed by atoms with Gasteiger partial charge in [0.05, 0.1) is 12.8 Å². The molecule has 0 aliphatic carbocycles. The zero-order valence-corrected chi connectivity index (χ0v) is 11.7. The summed E-state index contributed by atoms with van der Waals surface area (Å²) in [7, 11) is 1.42. The average Bonchev–Trinajstić information content (AvgIpc) is 2.83. The van der Waals surface area contributed by atoms with Crippen molar-refractivity contribution in [3.05, 3.63) is 10.6 Å². The van der Waals surface area contributed by atoms with Gasteiger partial charge >= 0.3 is 5.97 Å². The quantitative estimate of drug-likeness (QED) is 0.835. The van der Waals surface area contributed by atoms with Crippen LogP contribution >= 0.6 is 11.3 Å². The summed E-state index contributed by atoms with van der Waals surface area (Å²) in [5.41, 5.74) is 0.878. The first-order valence-electron chi connectivity index (χ1n) is 6.30. The number of piperazine rings is 1. The van der Waals surface area contributed by atoms with Crippen molar-refractivity contribution < 1.29 is 9.53 Å². The van der Waals surface area contributed by atoms with Crippen molar-refractivity contribution in [3.8, 4) is 0 Å². The van der Waals surface area contributed by atoms with E-state index in [0.29, 0.717) is 4.88 Å². The van der Waals surface area contributed by atoms with Gasteiger partial charge in [-0.1, -0.05) is 24.7 Å². The molecule has 1 saturated heterocycles. The van der Waals surface area contributed by atoms with Gasteiger partial charge in [-0.05, 0) is 6.42 Å². The molecule has 0 atom stereocenters. The fraction of sp³-hybridized carbons (Fsp3) is 0.667. The fourth-order valence-corrected chi connectivity index (χ4v) is 3.07. The normalized spacial score (nSPS) is 15.8. The summed E-state index contributed by atoms with van der Waals surface area (Å²) in [6.45, 7) is 5.91. The Kier molecular flexibility index (Phi) is 4.54. The molecule has 6 heteroatoms. The molecule has 1 N–H and O–H groups in total. The van der Waals surface area contributed by atoms with Crippen molar-refractivity contribution in [2.75, 3.05) is 38.2 Å². The lowest BCUT2D eigenvalue weighted by atomic mass is 10.2. The van der Waals surface area contributed by atoms with Crippen LogP contribution in [-0.4, -0.2) is 44.2 Å². The van der Waals surface area contributed by atoms with Crippen LogP contribution in [0.4, 0.5) is 5.13 Å². The number of hydrogen-bond donors (Lipinski definition) is 1. The Bertz CT molecular complexity index is 413. The molecular formula is C12H19N3O2S. The Morgan fingerprint density at radius 1 is 1.50 bits per heavy atom. The summed E-state index contributed by atoms with van der Waals surface area (Å²) in [6, 6.07) is 0. The first kappa shape index (κ1) is 13.3. The molecule has 2 rings (SSSR count). The van der Waals surface area contributed by atoms with Gasteiger partial charge in [0.15, 0.2) is 5.13 Å². The predicted octanol–water partition coefficient (Wildman–Crippen LogP) is 1.29. The summed E-state index contributed by atoms with van der Waals surface area (Å²) in [5.74, 6) is -0.266. The molecule has 0 bridgehead atoms. The summed E-state index contributed by atoms with van der Waals surface area (Å²) in [5, 5.41) is 4.25. The average molecular weight is 269 g/mol. The van der Waals surface area contributed by atoms with Gasteiger partial charge in [-0.15, -0.1) is 0 Å². The molecule has 0 radical (unpaired) electrons. The van der Waals surface area contributed by atoms with E-state index in [-0.39, 0.29) is 5.97 Å². The van der Waals surface area contributed by atoms with Gasteiger partial charge in [0.2, 0.25) is 0 Å². The van der Waals surface area contributed by atoms with Gasteiger partial charge in [0.25, 0.3) is 0 Å². The molecule has 1 fully saturated rings. The van der Waals surface area contributed by atoms with Gasteiger partial charge in [0.1, 0.15) is 4.88 Å². The Labute approximate surface area is 111 Å². The third-order valence-electron chi connectivity index (χ3n) is 2.93. The molecule has 0 aromatic carbocycles. The zero-order chi connectivity index (χ0) is 13.0. The molecule has 1 aromatic heterocycles. The van der Waals surface area contributed by atoms with Crippen LogP contribution in [0.5, 0.6) is 0 Å². The summed E-state index contributed by atoms with van der Waals surface area (Å²) in [6.07, 6.45) is 1.81. The number of aryl methyl sites for hydroxylation is 1. The third kappa shape index (κ3) is 2.81.